The van der Waals surface area contributed by atoms with Gasteiger partial charge in [0, 0.05) is 23.3 Å². The molecule has 1 aromatic carbocycles. The van der Waals surface area contributed by atoms with Crippen molar-refractivity contribution in [3.05, 3.63) is 40.2 Å². The number of hydrogen-bond donors (Lipinski definition) is 1. The number of hydrogen-bond acceptors (Lipinski definition) is 4. The molecule has 0 atom stereocenters. The molecule has 0 fully saturated rings. The van der Waals surface area contributed by atoms with E-state index >= 15 is 0 Å². The van der Waals surface area contributed by atoms with Gasteiger partial charge >= 0.3 is 0 Å². The van der Waals surface area contributed by atoms with Gasteiger partial charge in [0.05, 0.1) is 0 Å². The van der Waals surface area contributed by atoms with E-state index < -0.39 is 5.82 Å². The zero-order chi connectivity index (χ0) is 13.1. The Hall–Kier alpha value is -1.69. The van der Waals surface area contributed by atoms with Crippen molar-refractivity contribution in [2.24, 2.45) is 0 Å². The second kappa shape index (κ2) is 5.30. The second-order valence-corrected chi connectivity index (χ2v) is 4.51. The Morgan fingerprint density at radius 1 is 1.28 bits per heavy atom. The minimum Gasteiger partial charge on any atom is -0.436 e. The fourth-order valence-corrected chi connectivity index (χ4v) is 1.71. The van der Waals surface area contributed by atoms with E-state index in [2.05, 4.69) is 31.2 Å². The van der Waals surface area contributed by atoms with Crippen LogP contribution in [0.4, 0.5) is 10.3 Å². The van der Waals surface area contributed by atoms with Crippen LogP contribution in [-0.2, 0) is 0 Å². The first-order chi connectivity index (χ1) is 8.58. The number of halogens is 2. The second-order valence-electron chi connectivity index (χ2n) is 3.60. The summed E-state index contributed by atoms with van der Waals surface area (Å²) in [4.78, 5) is 8.22. The van der Waals surface area contributed by atoms with Gasteiger partial charge in [-0.1, -0.05) is 15.9 Å². The lowest BCUT2D eigenvalue weighted by Crippen LogP contribution is -2.00. The molecule has 0 bridgehead atoms. The predicted octanol–water partition coefficient (Wildman–Crippen LogP) is 3.52. The van der Waals surface area contributed by atoms with Crippen molar-refractivity contribution in [3.8, 4) is 11.6 Å². The molecule has 94 valence electrons. The average molecular weight is 312 g/mol. The van der Waals surface area contributed by atoms with E-state index in [1.54, 1.807) is 19.2 Å². The molecular weight excluding hydrogens is 301 g/mol. The first-order valence-corrected chi connectivity index (χ1v) is 6.04. The van der Waals surface area contributed by atoms with Gasteiger partial charge in [0.1, 0.15) is 0 Å². The molecule has 18 heavy (non-hydrogen) atoms. The molecule has 2 rings (SSSR count). The van der Waals surface area contributed by atoms with Crippen LogP contribution in [0.25, 0.3) is 0 Å². The molecule has 2 aromatic rings. The number of aromatic nitrogens is 2. The van der Waals surface area contributed by atoms with E-state index in [9.17, 15) is 4.39 Å². The predicted molar refractivity (Wildman–Crippen MR) is 70.5 cm³/mol. The van der Waals surface area contributed by atoms with Crippen LogP contribution in [0.5, 0.6) is 11.6 Å². The molecule has 0 amide bonds. The Labute approximate surface area is 112 Å². The van der Waals surface area contributed by atoms with Gasteiger partial charge in [0.15, 0.2) is 11.6 Å². The third kappa shape index (κ3) is 2.95. The monoisotopic (exact) mass is 311 g/mol. The van der Waals surface area contributed by atoms with E-state index in [0.29, 0.717) is 16.3 Å². The lowest BCUT2D eigenvalue weighted by atomic mass is 10.3. The van der Waals surface area contributed by atoms with Crippen LogP contribution in [0.15, 0.2) is 28.7 Å². The van der Waals surface area contributed by atoms with Crippen LogP contribution in [0.2, 0.25) is 0 Å². The summed E-state index contributed by atoms with van der Waals surface area (Å²) in [7, 11) is 1.71. The highest BCUT2D eigenvalue weighted by atomic mass is 79.9. The summed E-state index contributed by atoms with van der Waals surface area (Å²) in [6.45, 7) is 1.81. The summed E-state index contributed by atoms with van der Waals surface area (Å²) in [5.74, 6) is 0.403. The van der Waals surface area contributed by atoms with Gasteiger partial charge in [-0.15, -0.1) is 0 Å². The largest absolute Gasteiger partial charge is 0.436 e. The Bertz CT molecular complexity index is 577. The van der Waals surface area contributed by atoms with Crippen molar-refractivity contribution in [3.63, 3.8) is 0 Å². The summed E-state index contributed by atoms with van der Waals surface area (Å²) < 4.78 is 19.7. The minimum absolute atomic E-state index is 0.123. The van der Waals surface area contributed by atoms with Crippen LogP contribution >= 0.6 is 15.9 Å². The van der Waals surface area contributed by atoms with Crippen LogP contribution in [-0.4, -0.2) is 17.0 Å². The first-order valence-electron chi connectivity index (χ1n) is 5.25. The van der Waals surface area contributed by atoms with Crippen LogP contribution in [0, 0.1) is 12.7 Å². The third-order valence-electron chi connectivity index (χ3n) is 2.16. The topological polar surface area (TPSA) is 47.0 Å². The van der Waals surface area contributed by atoms with Gasteiger partial charge in [0.25, 0.3) is 0 Å². The maximum Gasteiger partial charge on any atom is 0.225 e. The fourth-order valence-electron chi connectivity index (χ4n) is 1.37. The number of benzene rings is 1. The van der Waals surface area contributed by atoms with Crippen LogP contribution < -0.4 is 10.1 Å². The van der Waals surface area contributed by atoms with Gasteiger partial charge in [-0.05, 0) is 25.1 Å². The number of anilines is 1. The van der Waals surface area contributed by atoms with E-state index in [-0.39, 0.29) is 5.75 Å². The molecule has 0 aliphatic carbocycles. The summed E-state index contributed by atoms with van der Waals surface area (Å²) in [6.07, 6.45) is 0. The maximum absolute atomic E-state index is 13.6. The highest BCUT2D eigenvalue weighted by Crippen LogP contribution is 2.26. The number of nitrogens with one attached hydrogen (secondary N) is 1. The standard InChI is InChI=1S/C12H11BrFN3O/c1-7-5-11(17-12(15-2)16-7)18-10-4-3-8(13)6-9(10)14/h3-6H,1-2H3,(H,15,16,17). The molecule has 1 heterocycles. The first kappa shape index (κ1) is 12.8. The number of aryl methyl sites for hydroxylation is 1. The van der Waals surface area contributed by atoms with E-state index in [1.807, 2.05) is 6.92 Å². The van der Waals surface area contributed by atoms with Crippen molar-refractivity contribution >= 4 is 21.9 Å². The van der Waals surface area contributed by atoms with Crippen molar-refractivity contribution in [1.82, 2.24) is 9.97 Å². The summed E-state index contributed by atoms with van der Waals surface area (Å²) >= 11 is 3.18. The Kier molecular flexibility index (Phi) is 3.76. The number of ether oxygens (including phenoxy) is 1. The molecule has 0 aliphatic rings. The van der Waals surface area contributed by atoms with E-state index in [0.717, 1.165) is 5.69 Å². The lowest BCUT2D eigenvalue weighted by Gasteiger charge is -2.08. The van der Waals surface area contributed by atoms with Crippen molar-refractivity contribution in [2.75, 3.05) is 12.4 Å². The minimum atomic E-state index is -0.452. The van der Waals surface area contributed by atoms with Gasteiger partial charge in [-0.3, -0.25) is 0 Å². The van der Waals surface area contributed by atoms with Gasteiger partial charge < -0.3 is 10.1 Å². The molecule has 4 nitrogen and oxygen atoms in total. The van der Waals surface area contributed by atoms with E-state index in [1.165, 1.54) is 12.1 Å². The number of nitrogens with zero attached hydrogens (tertiary/aromatic N) is 2. The van der Waals surface area contributed by atoms with Gasteiger partial charge in [-0.25, -0.2) is 9.37 Å². The molecule has 1 aromatic heterocycles. The van der Waals surface area contributed by atoms with E-state index in [4.69, 9.17) is 4.74 Å². The van der Waals surface area contributed by atoms with Gasteiger partial charge in [-0.2, -0.15) is 4.98 Å². The Balaban J connectivity index is 2.30. The zero-order valence-electron chi connectivity index (χ0n) is 9.87. The average Bonchev–Trinajstić information content (AvgIpc) is 2.32. The quantitative estimate of drug-likeness (QED) is 0.942. The molecule has 0 aliphatic heterocycles. The van der Waals surface area contributed by atoms with Crippen molar-refractivity contribution < 1.29 is 9.13 Å². The fraction of sp³-hybridized carbons (Fsp3) is 0.167. The molecule has 0 radical (unpaired) electrons. The smallest absolute Gasteiger partial charge is 0.225 e. The maximum atomic E-state index is 13.6. The molecule has 6 heteroatoms. The highest BCUT2D eigenvalue weighted by molar-refractivity contribution is 9.10. The lowest BCUT2D eigenvalue weighted by molar-refractivity contribution is 0.426. The molecule has 1 N–H and O–H groups in total. The molecular formula is C12H11BrFN3O. The third-order valence-corrected chi connectivity index (χ3v) is 2.66. The highest BCUT2D eigenvalue weighted by Gasteiger charge is 2.08. The number of rotatable bonds is 3. The summed E-state index contributed by atoms with van der Waals surface area (Å²) in [6, 6.07) is 6.21. The summed E-state index contributed by atoms with van der Waals surface area (Å²) in [5.41, 5.74) is 0.738. The molecule has 0 spiro atoms. The summed E-state index contributed by atoms with van der Waals surface area (Å²) in [5, 5.41) is 2.81. The van der Waals surface area contributed by atoms with Crippen molar-refractivity contribution in [1.29, 1.82) is 0 Å². The van der Waals surface area contributed by atoms with Gasteiger partial charge in [0.2, 0.25) is 11.8 Å². The molecule has 0 unspecified atom stereocenters. The zero-order valence-corrected chi connectivity index (χ0v) is 11.5. The normalized spacial score (nSPS) is 10.2. The van der Waals surface area contributed by atoms with Crippen LogP contribution in [0.3, 0.4) is 0 Å². The Morgan fingerprint density at radius 2 is 2.06 bits per heavy atom. The Morgan fingerprint density at radius 3 is 2.72 bits per heavy atom. The molecule has 0 saturated carbocycles. The van der Waals surface area contributed by atoms with Crippen molar-refractivity contribution in [2.45, 2.75) is 6.92 Å². The molecule has 0 saturated heterocycles. The SMILES string of the molecule is CNc1nc(C)cc(Oc2ccc(Br)cc2F)n1. The van der Waals surface area contributed by atoms with Crippen LogP contribution in [0.1, 0.15) is 5.69 Å².